The molecule has 2 aliphatic heterocycles. The van der Waals surface area contributed by atoms with Gasteiger partial charge in [-0.3, -0.25) is 14.5 Å². The zero-order valence-corrected chi connectivity index (χ0v) is 11.7. The third kappa shape index (κ3) is 1.96. The molecule has 0 bridgehead atoms. The van der Waals surface area contributed by atoms with Gasteiger partial charge in [-0.15, -0.1) is 0 Å². The Morgan fingerprint density at radius 2 is 2.00 bits per heavy atom. The zero-order valence-electron chi connectivity index (χ0n) is 11.7. The summed E-state index contributed by atoms with van der Waals surface area (Å²) in [5.41, 5.74) is -0.422. The SMILES string of the molecule is CCC1(CC)CC(=O)N(C2CNCCC2C)C1=O. The molecule has 0 saturated carbocycles. The van der Waals surface area contributed by atoms with E-state index in [0.717, 1.165) is 32.4 Å². The standard InChI is InChI=1S/C14H24N2O2/c1-4-14(5-2)8-12(17)16(13(14)18)11-9-15-7-6-10(11)3/h10-11,15H,4-9H2,1-3H3. The third-order valence-corrected chi connectivity index (χ3v) is 4.90. The summed E-state index contributed by atoms with van der Waals surface area (Å²) in [5.74, 6) is 0.506. The van der Waals surface area contributed by atoms with Gasteiger partial charge in [0.25, 0.3) is 0 Å². The molecule has 2 aliphatic rings. The summed E-state index contributed by atoms with van der Waals surface area (Å²) in [6.45, 7) is 7.91. The molecule has 2 unspecified atom stereocenters. The fraction of sp³-hybridized carbons (Fsp3) is 0.857. The van der Waals surface area contributed by atoms with Crippen molar-refractivity contribution >= 4 is 11.8 Å². The van der Waals surface area contributed by atoms with E-state index < -0.39 is 5.41 Å². The minimum atomic E-state index is -0.422. The molecule has 0 aliphatic carbocycles. The van der Waals surface area contributed by atoms with E-state index in [-0.39, 0.29) is 17.9 Å². The van der Waals surface area contributed by atoms with Crippen LogP contribution in [0.15, 0.2) is 0 Å². The number of nitrogens with zero attached hydrogens (tertiary/aromatic N) is 1. The smallest absolute Gasteiger partial charge is 0.236 e. The number of rotatable bonds is 3. The highest BCUT2D eigenvalue weighted by Crippen LogP contribution is 2.41. The minimum Gasteiger partial charge on any atom is -0.315 e. The molecule has 0 aromatic heterocycles. The molecule has 2 saturated heterocycles. The molecule has 2 amide bonds. The highest BCUT2D eigenvalue weighted by atomic mass is 16.2. The normalized spacial score (nSPS) is 32.1. The van der Waals surface area contributed by atoms with Crippen molar-refractivity contribution in [1.29, 1.82) is 0 Å². The second-order valence-electron chi connectivity index (χ2n) is 5.77. The molecule has 102 valence electrons. The van der Waals surface area contributed by atoms with Crippen LogP contribution in [0.2, 0.25) is 0 Å². The molecule has 2 rings (SSSR count). The number of hydrogen-bond acceptors (Lipinski definition) is 3. The zero-order chi connectivity index (χ0) is 13.3. The van der Waals surface area contributed by atoms with E-state index >= 15 is 0 Å². The van der Waals surface area contributed by atoms with Gasteiger partial charge in [-0.2, -0.15) is 0 Å². The highest BCUT2D eigenvalue weighted by Gasteiger charge is 2.52. The second-order valence-corrected chi connectivity index (χ2v) is 5.77. The van der Waals surface area contributed by atoms with E-state index in [2.05, 4.69) is 12.2 Å². The first-order valence-corrected chi connectivity index (χ1v) is 7.13. The molecule has 1 N–H and O–H groups in total. The van der Waals surface area contributed by atoms with Gasteiger partial charge in [0.15, 0.2) is 0 Å². The monoisotopic (exact) mass is 252 g/mol. The fourth-order valence-electron chi connectivity index (χ4n) is 3.28. The van der Waals surface area contributed by atoms with Crippen molar-refractivity contribution in [2.45, 2.75) is 52.5 Å². The van der Waals surface area contributed by atoms with Crippen molar-refractivity contribution in [3.8, 4) is 0 Å². The Labute approximate surface area is 109 Å². The van der Waals surface area contributed by atoms with Crippen LogP contribution in [0.4, 0.5) is 0 Å². The summed E-state index contributed by atoms with van der Waals surface area (Å²) in [5, 5.41) is 3.30. The average molecular weight is 252 g/mol. The number of imide groups is 1. The second kappa shape index (κ2) is 5.00. The number of carbonyl (C=O) groups excluding carboxylic acids is 2. The summed E-state index contributed by atoms with van der Waals surface area (Å²) in [7, 11) is 0. The van der Waals surface area contributed by atoms with E-state index in [4.69, 9.17) is 0 Å². The minimum absolute atomic E-state index is 0.0317. The Hall–Kier alpha value is -0.900. The first-order valence-electron chi connectivity index (χ1n) is 7.13. The van der Waals surface area contributed by atoms with Crippen molar-refractivity contribution in [2.24, 2.45) is 11.3 Å². The number of nitrogens with one attached hydrogen (secondary N) is 1. The first kappa shape index (κ1) is 13.5. The molecule has 2 fully saturated rings. The third-order valence-electron chi connectivity index (χ3n) is 4.90. The molecule has 18 heavy (non-hydrogen) atoms. The molecule has 4 heteroatoms. The number of likely N-dealkylation sites (tertiary alicyclic amines) is 1. The van der Waals surface area contributed by atoms with Crippen LogP contribution in [0.3, 0.4) is 0 Å². The largest absolute Gasteiger partial charge is 0.315 e. The Morgan fingerprint density at radius 1 is 1.33 bits per heavy atom. The molecular formula is C14H24N2O2. The van der Waals surface area contributed by atoms with Crippen molar-refractivity contribution in [3.05, 3.63) is 0 Å². The van der Waals surface area contributed by atoms with Gasteiger partial charge >= 0.3 is 0 Å². The maximum Gasteiger partial charge on any atom is 0.236 e. The summed E-state index contributed by atoms with van der Waals surface area (Å²) >= 11 is 0. The van der Waals surface area contributed by atoms with Crippen molar-refractivity contribution < 1.29 is 9.59 Å². The van der Waals surface area contributed by atoms with Crippen molar-refractivity contribution in [1.82, 2.24) is 10.2 Å². The van der Waals surface area contributed by atoms with Gasteiger partial charge in [0, 0.05) is 13.0 Å². The Morgan fingerprint density at radius 3 is 2.50 bits per heavy atom. The van der Waals surface area contributed by atoms with E-state index in [0.29, 0.717) is 12.3 Å². The summed E-state index contributed by atoms with van der Waals surface area (Å²) in [6.07, 6.45) is 2.97. The summed E-state index contributed by atoms with van der Waals surface area (Å²) in [6, 6.07) is 0.0544. The van der Waals surface area contributed by atoms with Crippen LogP contribution in [-0.4, -0.2) is 35.8 Å². The molecule has 4 nitrogen and oxygen atoms in total. The lowest BCUT2D eigenvalue weighted by Crippen LogP contribution is -2.53. The van der Waals surface area contributed by atoms with E-state index in [1.165, 1.54) is 0 Å². The lowest BCUT2D eigenvalue weighted by atomic mass is 9.80. The van der Waals surface area contributed by atoms with Crippen LogP contribution in [-0.2, 0) is 9.59 Å². The first-order chi connectivity index (χ1) is 8.55. The quantitative estimate of drug-likeness (QED) is 0.775. The molecule has 0 aromatic carbocycles. The summed E-state index contributed by atoms with van der Waals surface area (Å²) in [4.78, 5) is 26.4. The van der Waals surface area contributed by atoms with Crippen molar-refractivity contribution in [3.63, 3.8) is 0 Å². The van der Waals surface area contributed by atoms with Crippen LogP contribution < -0.4 is 5.32 Å². The van der Waals surface area contributed by atoms with Crippen LogP contribution in [0.5, 0.6) is 0 Å². The van der Waals surface area contributed by atoms with Crippen LogP contribution >= 0.6 is 0 Å². The van der Waals surface area contributed by atoms with E-state index in [1.54, 1.807) is 4.90 Å². The van der Waals surface area contributed by atoms with Gasteiger partial charge in [-0.25, -0.2) is 0 Å². The molecule has 2 heterocycles. The van der Waals surface area contributed by atoms with Gasteiger partial charge in [0.05, 0.1) is 11.5 Å². The Bertz CT molecular complexity index is 350. The predicted molar refractivity (Wildman–Crippen MR) is 69.9 cm³/mol. The van der Waals surface area contributed by atoms with E-state index in [9.17, 15) is 9.59 Å². The van der Waals surface area contributed by atoms with Gasteiger partial charge in [-0.05, 0) is 31.7 Å². The summed E-state index contributed by atoms with van der Waals surface area (Å²) < 4.78 is 0. The molecule has 0 spiro atoms. The van der Waals surface area contributed by atoms with Crippen LogP contribution in [0.1, 0.15) is 46.5 Å². The number of amides is 2. The van der Waals surface area contributed by atoms with Gasteiger partial charge in [0.1, 0.15) is 0 Å². The maximum atomic E-state index is 12.6. The van der Waals surface area contributed by atoms with Gasteiger partial charge < -0.3 is 5.32 Å². The Kier molecular flexibility index (Phi) is 3.76. The lowest BCUT2D eigenvalue weighted by Gasteiger charge is -2.36. The molecule has 0 aromatic rings. The average Bonchev–Trinajstić information content (AvgIpc) is 2.62. The maximum absolute atomic E-state index is 12.6. The predicted octanol–water partition coefficient (Wildman–Crippen LogP) is 1.55. The van der Waals surface area contributed by atoms with Crippen LogP contribution in [0, 0.1) is 11.3 Å². The van der Waals surface area contributed by atoms with Gasteiger partial charge in [-0.1, -0.05) is 20.8 Å². The van der Waals surface area contributed by atoms with Crippen LogP contribution in [0.25, 0.3) is 0 Å². The number of carbonyl (C=O) groups is 2. The topological polar surface area (TPSA) is 49.4 Å². The highest BCUT2D eigenvalue weighted by molar-refractivity contribution is 6.06. The number of piperidine rings is 1. The molecule has 0 radical (unpaired) electrons. The van der Waals surface area contributed by atoms with E-state index in [1.807, 2.05) is 13.8 Å². The molecule has 2 atom stereocenters. The Balaban J connectivity index is 2.23. The van der Waals surface area contributed by atoms with Gasteiger partial charge in [0.2, 0.25) is 11.8 Å². The molecular weight excluding hydrogens is 228 g/mol. The number of hydrogen-bond donors (Lipinski definition) is 1. The fourth-order valence-corrected chi connectivity index (χ4v) is 3.28. The lowest BCUT2D eigenvalue weighted by molar-refractivity contribution is -0.145. The van der Waals surface area contributed by atoms with Crippen molar-refractivity contribution in [2.75, 3.05) is 13.1 Å².